The second kappa shape index (κ2) is 5.62. The molecule has 2 amide bonds. The molecular weight excluding hydrogens is 264 g/mol. The van der Waals surface area contributed by atoms with E-state index in [9.17, 15) is 9.59 Å². The Kier molecular flexibility index (Phi) is 3.98. The Morgan fingerprint density at radius 2 is 1.67 bits per heavy atom. The van der Waals surface area contributed by atoms with Gasteiger partial charge in [0, 0.05) is 25.6 Å². The van der Waals surface area contributed by atoms with Gasteiger partial charge in [0.15, 0.2) is 0 Å². The molecule has 1 atom stereocenters. The number of carbonyl (C=O) groups excluding carboxylic acids is 2. The quantitative estimate of drug-likeness (QED) is 0.784. The van der Waals surface area contributed by atoms with Crippen molar-refractivity contribution in [3.05, 3.63) is 0 Å². The van der Waals surface area contributed by atoms with E-state index in [-0.39, 0.29) is 23.8 Å². The molecule has 3 aliphatic rings. The molecular formula is C17H28N2O2. The second-order valence-electron chi connectivity index (χ2n) is 7.81. The Labute approximate surface area is 127 Å². The minimum Gasteiger partial charge on any atom is -0.341 e. The molecule has 0 bridgehead atoms. The molecule has 0 aromatic carbocycles. The van der Waals surface area contributed by atoms with Crippen LogP contribution in [0, 0.1) is 11.3 Å². The van der Waals surface area contributed by atoms with Crippen LogP contribution in [0.1, 0.15) is 58.8 Å². The van der Waals surface area contributed by atoms with Crippen molar-refractivity contribution in [1.82, 2.24) is 9.80 Å². The first-order chi connectivity index (χ1) is 9.98. The summed E-state index contributed by atoms with van der Waals surface area (Å²) in [7, 11) is 0. The topological polar surface area (TPSA) is 40.6 Å². The lowest BCUT2D eigenvalue weighted by Gasteiger charge is -2.30. The molecule has 118 valence electrons. The van der Waals surface area contributed by atoms with Gasteiger partial charge in [-0.3, -0.25) is 9.59 Å². The average Bonchev–Trinajstić information content (AvgIpc) is 3.20. The third kappa shape index (κ3) is 3.24. The summed E-state index contributed by atoms with van der Waals surface area (Å²) in [5.41, 5.74) is 0.341. The van der Waals surface area contributed by atoms with E-state index >= 15 is 0 Å². The molecule has 21 heavy (non-hydrogen) atoms. The van der Waals surface area contributed by atoms with Crippen LogP contribution in [0.25, 0.3) is 0 Å². The van der Waals surface area contributed by atoms with Gasteiger partial charge in [-0.15, -0.1) is 0 Å². The maximum Gasteiger partial charge on any atom is 0.245 e. The van der Waals surface area contributed by atoms with E-state index in [2.05, 4.69) is 13.8 Å². The van der Waals surface area contributed by atoms with Crippen molar-refractivity contribution in [3.8, 4) is 0 Å². The van der Waals surface area contributed by atoms with E-state index < -0.39 is 0 Å². The van der Waals surface area contributed by atoms with Gasteiger partial charge in [-0.05, 0) is 50.4 Å². The Balaban J connectivity index is 1.64. The normalized spacial score (nSPS) is 29.3. The van der Waals surface area contributed by atoms with Crippen LogP contribution in [0.15, 0.2) is 0 Å². The van der Waals surface area contributed by atoms with Crippen molar-refractivity contribution < 1.29 is 9.59 Å². The first kappa shape index (κ1) is 14.9. The lowest BCUT2D eigenvalue weighted by atomic mass is 9.85. The number of hydrogen-bond donors (Lipinski definition) is 0. The van der Waals surface area contributed by atoms with Gasteiger partial charge in [0.05, 0.1) is 0 Å². The third-order valence-electron chi connectivity index (χ3n) is 5.40. The summed E-state index contributed by atoms with van der Waals surface area (Å²) in [5.74, 6) is 0.668. The Bertz CT molecular complexity index is 429. The molecule has 2 heterocycles. The Hall–Kier alpha value is -1.06. The van der Waals surface area contributed by atoms with E-state index in [1.54, 1.807) is 0 Å². The summed E-state index contributed by atoms with van der Waals surface area (Å²) in [6.07, 6.45) is 7.23. The van der Waals surface area contributed by atoms with Crippen molar-refractivity contribution in [2.24, 2.45) is 11.3 Å². The van der Waals surface area contributed by atoms with Crippen LogP contribution in [-0.2, 0) is 9.59 Å². The van der Waals surface area contributed by atoms with Gasteiger partial charge in [-0.2, -0.15) is 0 Å². The summed E-state index contributed by atoms with van der Waals surface area (Å²) in [6, 6.07) is -0.167. The number of rotatable bonds is 2. The minimum absolute atomic E-state index is 0.167. The monoisotopic (exact) mass is 292 g/mol. The zero-order valence-electron chi connectivity index (χ0n) is 13.4. The van der Waals surface area contributed by atoms with Crippen molar-refractivity contribution in [1.29, 1.82) is 0 Å². The highest BCUT2D eigenvalue weighted by molar-refractivity contribution is 5.90. The molecule has 4 nitrogen and oxygen atoms in total. The van der Waals surface area contributed by atoms with Crippen LogP contribution in [0.2, 0.25) is 0 Å². The molecule has 0 aromatic rings. The van der Waals surface area contributed by atoms with Gasteiger partial charge in [-0.25, -0.2) is 0 Å². The molecule has 3 fully saturated rings. The zero-order chi connectivity index (χ0) is 15.0. The van der Waals surface area contributed by atoms with Gasteiger partial charge in [0.25, 0.3) is 0 Å². The number of likely N-dealkylation sites (tertiary alicyclic amines) is 2. The number of hydrogen-bond acceptors (Lipinski definition) is 2. The third-order valence-corrected chi connectivity index (χ3v) is 5.40. The van der Waals surface area contributed by atoms with Crippen LogP contribution in [0.3, 0.4) is 0 Å². The van der Waals surface area contributed by atoms with E-state index in [1.807, 2.05) is 9.80 Å². The Morgan fingerprint density at radius 1 is 0.905 bits per heavy atom. The van der Waals surface area contributed by atoms with Gasteiger partial charge >= 0.3 is 0 Å². The largest absolute Gasteiger partial charge is 0.341 e. The highest BCUT2D eigenvalue weighted by Crippen LogP contribution is 2.35. The number of nitrogens with zero attached hydrogens (tertiary/aromatic N) is 2. The molecule has 1 saturated carbocycles. The fraction of sp³-hybridized carbons (Fsp3) is 0.882. The van der Waals surface area contributed by atoms with Crippen LogP contribution in [0.4, 0.5) is 0 Å². The molecule has 0 radical (unpaired) electrons. The van der Waals surface area contributed by atoms with E-state index in [4.69, 9.17) is 0 Å². The summed E-state index contributed by atoms with van der Waals surface area (Å²) >= 11 is 0. The van der Waals surface area contributed by atoms with Crippen LogP contribution < -0.4 is 0 Å². The highest BCUT2D eigenvalue weighted by atomic mass is 16.2. The summed E-state index contributed by atoms with van der Waals surface area (Å²) in [4.78, 5) is 29.1. The van der Waals surface area contributed by atoms with E-state index in [0.717, 1.165) is 58.2 Å². The van der Waals surface area contributed by atoms with Gasteiger partial charge < -0.3 is 9.80 Å². The van der Waals surface area contributed by atoms with Gasteiger partial charge in [0.2, 0.25) is 11.8 Å². The Morgan fingerprint density at radius 3 is 2.38 bits per heavy atom. The minimum atomic E-state index is -0.167. The fourth-order valence-electron chi connectivity index (χ4n) is 3.71. The predicted octanol–water partition coefficient (Wildman–Crippen LogP) is 2.43. The summed E-state index contributed by atoms with van der Waals surface area (Å²) in [6.45, 7) is 7.09. The zero-order valence-corrected chi connectivity index (χ0v) is 13.4. The molecule has 0 aromatic heterocycles. The highest BCUT2D eigenvalue weighted by Gasteiger charge is 2.42. The van der Waals surface area contributed by atoms with Crippen molar-refractivity contribution >= 4 is 11.8 Å². The summed E-state index contributed by atoms with van der Waals surface area (Å²) in [5, 5.41) is 0. The second-order valence-corrected chi connectivity index (χ2v) is 7.81. The molecule has 1 unspecified atom stereocenters. The van der Waals surface area contributed by atoms with Crippen molar-refractivity contribution in [2.75, 3.05) is 19.6 Å². The molecule has 2 aliphatic heterocycles. The summed E-state index contributed by atoms with van der Waals surface area (Å²) < 4.78 is 0. The van der Waals surface area contributed by atoms with Crippen LogP contribution >= 0.6 is 0 Å². The average molecular weight is 292 g/mol. The smallest absolute Gasteiger partial charge is 0.245 e. The first-order valence-electron chi connectivity index (χ1n) is 8.57. The predicted molar refractivity (Wildman–Crippen MR) is 81.7 cm³/mol. The van der Waals surface area contributed by atoms with Crippen LogP contribution in [0.5, 0.6) is 0 Å². The molecule has 4 heteroatoms. The molecule has 2 saturated heterocycles. The van der Waals surface area contributed by atoms with Crippen LogP contribution in [-0.4, -0.2) is 47.3 Å². The molecule has 3 rings (SSSR count). The van der Waals surface area contributed by atoms with E-state index in [0.29, 0.717) is 5.41 Å². The maximum atomic E-state index is 12.9. The lowest BCUT2D eigenvalue weighted by Crippen LogP contribution is -2.48. The van der Waals surface area contributed by atoms with Gasteiger partial charge in [-0.1, -0.05) is 13.8 Å². The molecule has 0 spiro atoms. The molecule has 1 aliphatic carbocycles. The molecule has 0 N–H and O–H groups in total. The number of carbonyl (C=O) groups is 2. The number of amides is 2. The van der Waals surface area contributed by atoms with Gasteiger partial charge in [0.1, 0.15) is 6.04 Å². The fourth-order valence-corrected chi connectivity index (χ4v) is 3.71. The lowest BCUT2D eigenvalue weighted by molar-refractivity contribution is -0.144. The van der Waals surface area contributed by atoms with E-state index in [1.165, 1.54) is 6.42 Å². The maximum absolute atomic E-state index is 12.9. The standard InChI is InChI=1S/C17H28N2O2/c1-17(2)8-4-10-18(12-9-17)16(21)14-5-3-11-19(14)15(20)13-6-7-13/h13-14H,3-12H2,1-2H3. The first-order valence-corrected chi connectivity index (χ1v) is 8.57. The SMILES string of the molecule is CC1(C)CCCN(C(=O)C2CCCN2C(=O)C2CC2)CC1. The van der Waals surface area contributed by atoms with Crippen molar-refractivity contribution in [3.63, 3.8) is 0 Å². The van der Waals surface area contributed by atoms with Crippen molar-refractivity contribution in [2.45, 2.75) is 64.8 Å².